The smallest absolute Gasteiger partial charge is 0.110 e. The van der Waals surface area contributed by atoms with Gasteiger partial charge in [-0.1, -0.05) is 5.92 Å². The molecule has 0 spiro atoms. The highest BCUT2D eigenvalue weighted by Gasteiger charge is 2.17. The van der Waals surface area contributed by atoms with Crippen LogP contribution in [0.15, 0.2) is 0 Å². The lowest BCUT2D eigenvalue weighted by molar-refractivity contribution is 0.613. The van der Waals surface area contributed by atoms with E-state index in [9.17, 15) is 0 Å². The van der Waals surface area contributed by atoms with E-state index in [0.29, 0.717) is 6.54 Å². The molecule has 0 saturated heterocycles. The highest BCUT2D eigenvalue weighted by Crippen LogP contribution is 2.29. The average molecular weight is 220 g/mol. The SMILES string of the molecule is C#CCNC(C)c1nc2c(s1)CCCC2. The maximum atomic E-state index is 5.22. The van der Waals surface area contributed by atoms with Crippen LogP contribution in [-0.4, -0.2) is 11.5 Å². The van der Waals surface area contributed by atoms with Gasteiger partial charge in [0.1, 0.15) is 5.01 Å². The Morgan fingerprint density at radius 3 is 3.07 bits per heavy atom. The van der Waals surface area contributed by atoms with Crippen molar-refractivity contribution in [1.82, 2.24) is 10.3 Å². The molecule has 0 aromatic carbocycles. The van der Waals surface area contributed by atoms with Crippen molar-refractivity contribution in [2.75, 3.05) is 6.54 Å². The third-order valence-electron chi connectivity index (χ3n) is 2.74. The van der Waals surface area contributed by atoms with Gasteiger partial charge in [0.15, 0.2) is 0 Å². The Labute approximate surface area is 95.1 Å². The summed E-state index contributed by atoms with van der Waals surface area (Å²) in [4.78, 5) is 6.18. The molecule has 0 fully saturated rings. The maximum absolute atomic E-state index is 5.22. The molecule has 1 aromatic rings. The molecule has 0 radical (unpaired) electrons. The average Bonchev–Trinajstić information content (AvgIpc) is 2.69. The summed E-state index contributed by atoms with van der Waals surface area (Å²) in [7, 11) is 0. The minimum absolute atomic E-state index is 0.289. The van der Waals surface area contributed by atoms with E-state index in [1.165, 1.54) is 34.8 Å². The Morgan fingerprint density at radius 1 is 1.53 bits per heavy atom. The molecule has 2 nitrogen and oxygen atoms in total. The number of thiazole rings is 1. The highest BCUT2D eigenvalue weighted by molar-refractivity contribution is 7.11. The van der Waals surface area contributed by atoms with Gasteiger partial charge in [-0.05, 0) is 32.6 Å². The van der Waals surface area contributed by atoms with E-state index < -0.39 is 0 Å². The van der Waals surface area contributed by atoms with Crippen LogP contribution < -0.4 is 5.32 Å². The van der Waals surface area contributed by atoms with Gasteiger partial charge < -0.3 is 0 Å². The van der Waals surface area contributed by atoms with Gasteiger partial charge >= 0.3 is 0 Å². The summed E-state index contributed by atoms with van der Waals surface area (Å²) >= 11 is 1.85. The molecule has 3 heteroatoms. The van der Waals surface area contributed by atoms with Crippen molar-refractivity contribution in [1.29, 1.82) is 0 Å². The fourth-order valence-electron chi connectivity index (χ4n) is 1.86. The summed E-state index contributed by atoms with van der Waals surface area (Å²) in [5, 5.41) is 4.46. The van der Waals surface area contributed by atoms with E-state index in [1.54, 1.807) is 0 Å². The lowest BCUT2D eigenvalue weighted by Crippen LogP contribution is -2.18. The van der Waals surface area contributed by atoms with E-state index in [4.69, 9.17) is 11.4 Å². The Kier molecular flexibility index (Phi) is 3.40. The summed E-state index contributed by atoms with van der Waals surface area (Å²) in [5.74, 6) is 2.60. The van der Waals surface area contributed by atoms with Crippen LogP contribution in [0.1, 0.15) is 41.4 Å². The van der Waals surface area contributed by atoms with Crippen molar-refractivity contribution in [3.63, 3.8) is 0 Å². The Hall–Kier alpha value is -0.850. The molecule has 1 N–H and O–H groups in total. The number of hydrogen-bond donors (Lipinski definition) is 1. The fourth-order valence-corrected chi connectivity index (χ4v) is 3.04. The zero-order valence-electron chi connectivity index (χ0n) is 9.05. The number of fused-ring (bicyclic) bond motifs is 1. The second kappa shape index (κ2) is 4.78. The van der Waals surface area contributed by atoms with Crippen molar-refractivity contribution >= 4 is 11.3 Å². The zero-order chi connectivity index (χ0) is 10.7. The van der Waals surface area contributed by atoms with Crippen molar-refractivity contribution < 1.29 is 0 Å². The summed E-state index contributed by atoms with van der Waals surface area (Å²) in [5.41, 5.74) is 1.33. The van der Waals surface area contributed by atoms with E-state index in [-0.39, 0.29) is 6.04 Å². The molecule has 0 bridgehead atoms. The first kappa shape index (κ1) is 10.7. The van der Waals surface area contributed by atoms with Crippen LogP contribution in [0.2, 0.25) is 0 Å². The minimum Gasteiger partial charge on any atom is -0.297 e. The largest absolute Gasteiger partial charge is 0.297 e. The number of nitrogens with zero attached hydrogens (tertiary/aromatic N) is 1. The predicted octanol–water partition coefficient (Wildman–Crippen LogP) is 2.31. The lowest BCUT2D eigenvalue weighted by Gasteiger charge is -2.07. The molecule has 0 saturated carbocycles. The van der Waals surface area contributed by atoms with Crippen LogP contribution in [0.3, 0.4) is 0 Å². The van der Waals surface area contributed by atoms with Gasteiger partial charge in [-0.15, -0.1) is 17.8 Å². The molecule has 1 aliphatic carbocycles. The molecule has 0 amide bonds. The highest BCUT2D eigenvalue weighted by atomic mass is 32.1. The molecule has 15 heavy (non-hydrogen) atoms. The van der Waals surface area contributed by atoms with Crippen LogP contribution in [0.5, 0.6) is 0 Å². The number of rotatable bonds is 3. The van der Waals surface area contributed by atoms with Crippen molar-refractivity contribution in [2.45, 2.75) is 38.6 Å². The second-order valence-electron chi connectivity index (χ2n) is 3.94. The van der Waals surface area contributed by atoms with Crippen LogP contribution in [0.25, 0.3) is 0 Å². The maximum Gasteiger partial charge on any atom is 0.110 e. The quantitative estimate of drug-likeness (QED) is 0.791. The molecule has 0 aliphatic heterocycles. The standard InChI is InChI=1S/C12H16N2S/c1-3-8-13-9(2)12-14-10-6-4-5-7-11(10)15-12/h1,9,13H,4-8H2,2H3. The van der Waals surface area contributed by atoms with Gasteiger partial charge in [-0.3, -0.25) is 5.32 Å². The molecule has 80 valence electrons. The predicted molar refractivity (Wildman–Crippen MR) is 64.0 cm³/mol. The van der Waals surface area contributed by atoms with E-state index in [2.05, 4.69) is 18.2 Å². The molecule has 1 atom stereocenters. The number of aryl methyl sites for hydroxylation is 2. The summed E-state index contributed by atoms with van der Waals surface area (Å²) in [6.45, 7) is 2.74. The second-order valence-corrected chi connectivity index (χ2v) is 5.05. The molecular weight excluding hydrogens is 204 g/mol. The van der Waals surface area contributed by atoms with Crippen LogP contribution in [0, 0.1) is 12.3 Å². The third-order valence-corrected chi connectivity index (χ3v) is 4.08. The summed E-state index contributed by atoms with van der Waals surface area (Å²) in [6, 6.07) is 0.289. The molecule has 2 rings (SSSR count). The molecule has 1 aliphatic rings. The van der Waals surface area contributed by atoms with E-state index >= 15 is 0 Å². The Morgan fingerprint density at radius 2 is 2.33 bits per heavy atom. The fraction of sp³-hybridized carbons (Fsp3) is 0.583. The number of aromatic nitrogens is 1. The normalized spacial score (nSPS) is 16.8. The Bertz CT molecular complexity index is 352. The van der Waals surface area contributed by atoms with Crippen LogP contribution in [0.4, 0.5) is 0 Å². The number of hydrogen-bond acceptors (Lipinski definition) is 3. The van der Waals surface area contributed by atoms with Gasteiger partial charge in [0.25, 0.3) is 0 Å². The van der Waals surface area contributed by atoms with Crippen molar-refractivity contribution in [3.8, 4) is 12.3 Å². The zero-order valence-corrected chi connectivity index (χ0v) is 9.86. The Balaban J connectivity index is 2.09. The van der Waals surface area contributed by atoms with Crippen LogP contribution >= 0.6 is 11.3 Å². The van der Waals surface area contributed by atoms with Gasteiger partial charge in [-0.2, -0.15) is 0 Å². The topological polar surface area (TPSA) is 24.9 Å². The third kappa shape index (κ3) is 2.39. The van der Waals surface area contributed by atoms with Gasteiger partial charge in [-0.25, -0.2) is 4.98 Å². The first-order chi connectivity index (χ1) is 7.31. The summed E-state index contributed by atoms with van der Waals surface area (Å²) < 4.78 is 0. The van der Waals surface area contributed by atoms with Crippen LogP contribution in [-0.2, 0) is 12.8 Å². The van der Waals surface area contributed by atoms with E-state index in [0.717, 1.165) is 6.42 Å². The molecule has 1 unspecified atom stereocenters. The lowest BCUT2D eigenvalue weighted by atomic mass is 10.0. The first-order valence-electron chi connectivity index (χ1n) is 5.46. The van der Waals surface area contributed by atoms with Gasteiger partial charge in [0.2, 0.25) is 0 Å². The molecule has 1 aromatic heterocycles. The minimum atomic E-state index is 0.289. The monoisotopic (exact) mass is 220 g/mol. The van der Waals surface area contributed by atoms with Crippen molar-refractivity contribution in [2.24, 2.45) is 0 Å². The van der Waals surface area contributed by atoms with Gasteiger partial charge in [0.05, 0.1) is 18.3 Å². The number of nitrogens with one attached hydrogen (secondary N) is 1. The van der Waals surface area contributed by atoms with Gasteiger partial charge in [0, 0.05) is 4.88 Å². The molecule has 1 heterocycles. The molecular formula is C12H16N2S. The summed E-state index contributed by atoms with van der Waals surface area (Å²) in [6.07, 6.45) is 10.2. The van der Waals surface area contributed by atoms with Crippen molar-refractivity contribution in [3.05, 3.63) is 15.6 Å². The number of terminal acetylenes is 1. The first-order valence-corrected chi connectivity index (χ1v) is 6.28. The van der Waals surface area contributed by atoms with E-state index in [1.807, 2.05) is 11.3 Å².